The first kappa shape index (κ1) is 36.8. The van der Waals surface area contributed by atoms with Crippen LogP contribution in [0.3, 0.4) is 0 Å². The highest BCUT2D eigenvalue weighted by molar-refractivity contribution is 5.89. The van der Waals surface area contributed by atoms with Crippen molar-refractivity contribution in [3.63, 3.8) is 0 Å². The average Bonchev–Trinajstić information content (AvgIpc) is 3.01. The van der Waals surface area contributed by atoms with Gasteiger partial charge in [0.25, 0.3) is 11.8 Å². The number of carbonyl (C=O) groups excluding carboxylic acids is 4. The molecule has 1 aromatic carbocycles. The van der Waals surface area contributed by atoms with E-state index in [4.69, 9.17) is 24.1 Å². The summed E-state index contributed by atoms with van der Waals surface area (Å²) in [5.41, 5.74) is 2.61. The molecule has 44 heavy (non-hydrogen) atoms. The summed E-state index contributed by atoms with van der Waals surface area (Å²) in [5, 5.41) is 22.7. The molecule has 0 aliphatic rings. The number of amides is 3. The molecular formula is C27H39N7O10. The fourth-order valence-electron chi connectivity index (χ4n) is 2.54. The number of benzene rings is 1. The van der Waals surface area contributed by atoms with Crippen LogP contribution in [0.2, 0.25) is 0 Å². The third-order valence-electron chi connectivity index (χ3n) is 4.74. The maximum Gasteiger partial charge on any atom is 0.407 e. The Bertz CT molecular complexity index is 1190. The lowest BCUT2D eigenvalue weighted by Crippen LogP contribution is -2.32. The van der Waals surface area contributed by atoms with Crippen LogP contribution in [0.5, 0.6) is 0 Å². The van der Waals surface area contributed by atoms with Crippen molar-refractivity contribution >= 4 is 46.7 Å². The van der Waals surface area contributed by atoms with Crippen molar-refractivity contribution in [2.75, 3.05) is 53.2 Å². The van der Waals surface area contributed by atoms with Crippen molar-refractivity contribution in [3.8, 4) is 0 Å². The number of hydrogen-bond donors (Lipinski definition) is 3. The number of alkyl carbamates (subject to hydrolysis) is 1. The van der Waals surface area contributed by atoms with E-state index in [1.54, 1.807) is 27.7 Å². The van der Waals surface area contributed by atoms with Crippen LogP contribution in [0.1, 0.15) is 33.3 Å². The van der Waals surface area contributed by atoms with Gasteiger partial charge >= 0.3 is 12.1 Å². The van der Waals surface area contributed by atoms with Gasteiger partial charge in [-0.15, -0.1) is 0 Å². The first-order chi connectivity index (χ1) is 21.1. The SMILES string of the molecule is COC(=O)CO/N=C(\C)CNC(=O)CO/N=C(\C)CO/N=C(\C)CNC(=O)CO/N=C(\C)CNC(=O)OCc1ccccc1. The topological polar surface area (TPSA) is 209 Å². The lowest BCUT2D eigenvalue weighted by Gasteiger charge is -2.07. The van der Waals surface area contributed by atoms with Crippen LogP contribution >= 0.6 is 0 Å². The number of hydrogen-bond acceptors (Lipinski definition) is 14. The van der Waals surface area contributed by atoms with Gasteiger partial charge in [0.2, 0.25) is 6.61 Å². The van der Waals surface area contributed by atoms with Gasteiger partial charge in [0.05, 0.1) is 49.6 Å². The van der Waals surface area contributed by atoms with Gasteiger partial charge in [-0.2, -0.15) is 0 Å². The second kappa shape index (κ2) is 22.4. The number of carbonyl (C=O) groups is 4. The molecule has 0 saturated heterocycles. The molecule has 3 amide bonds. The number of methoxy groups -OCH3 is 1. The van der Waals surface area contributed by atoms with Gasteiger partial charge in [-0.25, -0.2) is 9.59 Å². The molecule has 0 bridgehead atoms. The van der Waals surface area contributed by atoms with E-state index < -0.39 is 23.9 Å². The van der Waals surface area contributed by atoms with Crippen molar-refractivity contribution < 1.29 is 48.0 Å². The normalized spacial score (nSPS) is 12.0. The molecule has 0 atom stereocenters. The summed E-state index contributed by atoms with van der Waals surface area (Å²) in [6, 6.07) is 9.26. The van der Waals surface area contributed by atoms with Crippen LogP contribution in [0.15, 0.2) is 51.0 Å². The predicted octanol–water partition coefficient (Wildman–Crippen LogP) is 0.888. The Morgan fingerprint density at radius 1 is 0.614 bits per heavy atom. The number of esters is 1. The van der Waals surface area contributed by atoms with Gasteiger partial charge in [-0.1, -0.05) is 51.0 Å². The first-order valence-corrected chi connectivity index (χ1v) is 13.3. The Kier molecular flexibility index (Phi) is 18.7. The van der Waals surface area contributed by atoms with Crippen molar-refractivity contribution in [1.82, 2.24) is 16.0 Å². The van der Waals surface area contributed by atoms with Gasteiger partial charge in [0.1, 0.15) is 6.61 Å². The Morgan fingerprint density at radius 3 is 1.59 bits per heavy atom. The minimum Gasteiger partial charge on any atom is -0.466 e. The van der Waals surface area contributed by atoms with E-state index in [0.717, 1.165) is 5.56 Å². The van der Waals surface area contributed by atoms with Crippen molar-refractivity contribution in [3.05, 3.63) is 35.9 Å². The molecule has 0 spiro atoms. The standard InChI is InChI=1S/C27H39N7O10/c1-19(31-41-14-22(4)34-43-17-25(36)29-12-20(2)33-44-18-26(37)39-5)11-28-24(35)16-42-32-21(3)13-30-27(38)40-15-23-9-7-6-8-10-23/h6-10H,11-18H2,1-5H3,(H,28,35)(H,29,36)(H,30,38)/b31-19+,32-21+,33-20+,34-22+. The van der Waals surface area contributed by atoms with Gasteiger partial charge < -0.3 is 44.8 Å². The molecule has 0 aromatic heterocycles. The first-order valence-electron chi connectivity index (χ1n) is 13.3. The van der Waals surface area contributed by atoms with Crippen LogP contribution in [0.4, 0.5) is 4.79 Å². The highest BCUT2D eigenvalue weighted by Gasteiger charge is 2.06. The van der Waals surface area contributed by atoms with E-state index in [1.165, 1.54) is 7.11 Å². The molecule has 0 heterocycles. The smallest absolute Gasteiger partial charge is 0.407 e. The van der Waals surface area contributed by atoms with Gasteiger partial charge in [0, 0.05) is 0 Å². The molecule has 0 radical (unpaired) electrons. The summed E-state index contributed by atoms with van der Waals surface area (Å²) in [6.45, 7) is 5.88. The van der Waals surface area contributed by atoms with E-state index in [0.29, 0.717) is 22.8 Å². The third kappa shape index (κ3) is 19.8. The molecule has 242 valence electrons. The Hall–Kier alpha value is -5.22. The van der Waals surface area contributed by atoms with Gasteiger partial charge in [-0.05, 0) is 33.3 Å². The molecule has 17 heteroatoms. The number of ether oxygens (including phenoxy) is 2. The summed E-state index contributed by atoms with van der Waals surface area (Å²) >= 11 is 0. The molecule has 0 aliphatic heterocycles. The maximum atomic E-state index is 11.9. The van der Waals surface area contributed by atoms with Crippen LogP contribution in [0, 0.1) is 0 Å². The van der Waals surface area contributed by atoms with Crippen molar-refractivity contribution in [1.29, 1.82) is 0 Å². The summed E-state index contributed by atoms with van der Waals surface area (Å²) < 4.78 is 9.51. The van der Waals surface area contributed by atoms with Crippen LogP contribution in [-0.4, -0.2) is 99.9 Å². The van der Waals surface area contributed by atoms with Crippen LogP contribution < -0.4 is 16.0 Å². The molecule has 0 unspecified atom stereocenters. The summed E-state index contributed by atoms with van der Waals surface area (Å²) in [6.07, 6.45) is -0.602. The molecule has 0 saturated carbocycles. The van der Waals surface area contributed by atoms with E-state index in [-0.39, 0.29) is 52.7 Å². The Labute approximate surface area is 254 Å². The zero-order valence-electron chi connectivity index (χ0n) is 25.4. The number of nitrogens with one attached hydrogen (secondary N) is 3. The van der Waals surface area contributed by atoms with Gasteiger partial charge in [-0.3, -0.25) is 9.59 Å². The average molecular weight is 622 g/mol. The number of nitrogens with zero attached hydrogens (tertiary/aromatic N) is 4. The zero-order chi connectivity index (χ0) is 32.6. The summed E-state index contributed by atoms with van der Waals surface area (Å²) in [4.78, 5) is 66.3. The fraction of sp³-hybridized carbons (Fsp3) is 0.481. The van der Waals surface area contributed by atoms with E-state index in [9.17, 15) is 19.2 Å². The van der Waals surface area contributed by atoms with Crippen molar-refractivity contribution in [2.45, 2.75) is 34.3 Å². The summed E-state index contributed by atoms with van der Waals surface area (Å²) in [7, 11) is 1.23. The molecule has 17 nitrogen and oxygen atoms in total. The second-order valence-electron chi connectivity index (χ2n) is 8.94. The predicted molar refractivity (Wildman–Crippen MR) is 159 cm³/mol. The highest BCUT2D eigenvalue weighted by atomic mass is 16.7. The molecule has 1 rings (SSSR count). The Balaban J connectivity index is 2.16. The fourth-order valence-corrected chi connectivity index (χ4v) is 2.54. The van der Waals surface area contributed by atoms with Crippen LogP contribution in [0.25, 0.3) is 0 Å². The molecular weight excluding hydrogens is 582 g/mol. The monoisotopic (exact) mass is 621 g/mol. The highest BCUT2D eigenvalue weighted by Crippen LogP contribution is 2.00. The molecule has 1 aromatic rings. The quantitative estimate of drug-likeness (QED) is 0.106. The Morgan fingerprint density at radius 2 is 1.07 bits per heavy atom. The zero-order valence-corrected chi connectivity index (χ0v) is 25.4. The minimum atomic E-state index is -0.602. The van der Waals surface area contributed by atoms with E-state index in [2.05, 4.69) is 41.3 Å². The summed E-state index contributed by atoms with van der Waals surface area (Å²) in [5.74, 6) is -1.46. The molecule has 3 N–H and O–H groups in total. The molecule has 0 fully saturated rings. The largest absolute Gasteiger partial charge is 0.466 e. The van der Waals surface area contributed by atoms with E-state index >= 15 is 0 Å². The number of oxime groups is 4. The number of rotatable bonds is 20. The van der Waals surface area contributed by atoms with Crippen LogP contribution in [-0.2, 0) is 49.8 Å². The second-order valence-corrected chi connectivity index (χ2v) is 8.94. The minimum absolute atomic E-state index is 0.0128. The third-order valence-corrected chi connectivity index (χ3v) is 4.74. The molecule has 0 aliphatic carbocycles. The lowest BCUT2D eigenvalue weighted by molar-refractivity contribution is -0.145. The lowest BCUT2D eigenvalue weighted by atomic mass is 10.2. The van der Waals surface area contributed by atoms with Crippen molar-refractivity contribution in [2.24, 2.45) is 20.6 Å². The van der Waals surface area contributed by atoms with E-state index in [1.807, 2.05) is 30.3 Å². The van der Waals surface area contributed by atoms with Gasteiger partial charge in [0.15, 0.2) is 19.8 Å². The maximum absolute atomic E-state index is 11.9.